The highest BCUT2D eigenvalue weighted by atomic mass is 79.9. The lowest BCUT2D eigenvalue weighted by Gasteiger charge is -2.32. The third kappa shape index (κ3) is 29.1. The molecule has 0 aliphatic heterocycles. The van der Waals surface area contributed by atoms with E-state index in [9.17, 15) is 89.9 Å². The number of alkyl halides is 10. The van der Waals surface area contributed by atoms with Gasteiger partial charge in [0, 0.05) is 61.9 Å². The Morgan fingerprint density at radius 1 is 0.595 bits per heavy atom. The minimum absolute atomic E-state index is 0.0271. The van der Waals surface area contributed by atoms with E-state index in [1.807, 2.05) is 84.0 Å². The van der Waals surface area contributed by atoms with Crippen molar-refractivity contribution < 1.29 is 134 Å². The van der Waals surface area contributed by atoms with Crippen molar-refractivity contribution in [2.24, 2.45) is 17.8 Å². The number of hydrogen-bond acceptors (Lipinski definition) is 21. The van der Waals surface area contributed by atoms with Gasteiger partial charge in [-0.2, -0.15) is 35.1 Å². The molecule has 0 heterocycles. The van der Waals surface area contributed by atoms with E-state index in [0.29, 0.717) is 62.5 Å². The number of nitrogens with zero attached hydrogens (tertiary/aromatic N) is 1. The van der Waals surface area contributed by atoms with Crippen LogP contribution in [0, 0.1) is 27.9 Å². The predicted octanol–water partition coefficient (Wildman–Crippen LogP) is 16.6. The lowest BCUT2D eigenvalue weighted by molar-refractivity contribution is -0.757. The molecule has 6 atom stereocenters. The fraction of sp³-hybridized carbons (Fsp3) is 0.410. The molecule has 8 rings (SSSR count). The van der Waals surface area contributed by atoms with Crippen LogP contribution in [0.1, 0.15) is 131 Å². The molecule has 0 bridgehead atoms. The van der Waals surface area contributed by atoms with Crippen molar-refractivity contribution in [3.63, 3.8) is 0 Å². The number of para-hydroxylation sites is 1. The number of aliphatic hydroxyl groups is 3. The van der Waals surface area contributed by atoms with Crippen LogP contribution in [-0.2, 0) is 68.5 Å². The topological polar surface area (TPSA) is 349 Å². The summed E-state index contributed by atoms with van der Waals surface area (Å²) in [4.78, 5) is 58.9. The van der Waals surface area contributed by atoms with Gasteiger partial charge in [-0.1, -0.05) is 122 Å². The summed E-state index contributed by atoms with van der Waals surface area (Å²) in [5, 5.41) is 94.2. The monoisotopic (exact) mass is 1720 g/mol. The molecule has 0 aromatic heterocycles. The van der Waals surface area contributed by atoms with E-state index in [-0.39, 0.29) is 76.6 Å². The Labute approximate surface area is 657 Å². The number of aliphatic hydroxyl groups excluding tert-OH is 2. The summed E-state index contributed by atoms with van der Waals surface area (Å²) >= 11 is 10.7. The molecule has 5 aromatic rings. The first-order valence-corrected chi connectivity index (χ1v) is 36.4. The molecule has 3 aliphatic rings. The Morgan fingerprint density at radius 2 is 1.01 bits per heavy atom. The number of phenols is 6. The van der Waals surface area contributed by atoms with Gasteiger partial charge in [-0.05, 0) is 182 Å². The smallest absolute Gasteiger partial charge is 0.382 e. The number of phenolic OH excluding ortho intramolecular Hbond substituents is 6. The van der Waals surface area contributed by atoms with Crippen LogP contribution in [0.25, 0.3) is 0 Å². The number of aromatic hydroxyl groups is 6. The van der Waals surface area contributed by atoms with Crippen LogP contribution in [-0.4, -0.2) is 137 Å². The highest BCUT2D eigenvalue weighted by molar-refractivity contribution is 9.09. The molecule has 5 aromatic carbocycles. The van der Waals surface area contributed by atoms with Crippen molar-refractivity contribution >= 4 is 66.6 Å². The van der Waals surface area contributed by atoms with Crippen molar-refractivity contribution in [2.45, 2.75) is 128 Å². The molecular weight excluding hydrogens is 1630 g/mol. The third-order valence-electron chi connectivity index (χ3n) is 17.0. The van der Waals surface area contributed by atoms with Crippen molar-refractivity contribution in [3.05, 3.63) is 212 Å². The van der Waals surface area contributed by atoms with E-state index in [2.05, 4.69) is 82.8 Å². The standard InChI is InChI=1S/C20H23BrF2O4.C20H23F2NO7.C10H9BrF2O4.C10H9ClF2O3.C10H16O.C8H10O2/c1-11(2)14-5-4-12(3)8-15(14)18-16(24)9-13(10-17(18)25)20(22,23)19(26)27-7-6-21;1-11(2)14-5-4-12(3)8-15(14)18-16(24)9-13(10-17(18)25)20(21,22)19(26)29-6-7-30-23(27)28;11-1-2-17-9(16)10(12,13)6-3-7(14)5-8(15)4-6;1-16-8-3-6(5-14)2-7(4-8)10(12,13)9(11)15;1-8(2)9-4-6-10(3,11)7-5-9;9-6-7-10-8-4-2-1-3-5-8/h4,9-10,14-15,24-25H,1,5-8H2,2-3H3;4,9-10,14-15,24-25H,1,5-8H2,2-3H3;3-5,14-15H,1-2H2;2-4,14H,5H2,1H3;4,6,9,11H,1,5,7H2,2-3H3;1-5,9H,6-7H2/t2*14-,15+;;;9-,10?;/m00..0./s1. The minimum Gasteiger partial charge on any atom is -0.508 e. The molecule has 610 valence electrons. The van der Waals surface area contributed by atoms with Crippen LogP contribution in [0.3, 0.4) is 0 Å². The van der Waals surface area contributed by atoms with Gasteiger partial charge in [0.25, 0.3) is 10.3 Å². The Balaban J connectivity index is 0.000000360. The van der Waals surface area contributed by atoms with Crippen molar-refractivity contribution in [2.75, 3.05) is 57.4 Å². The zero-order valence-corrected chi connectivity index (χ0v) is 65.5. The maximum absolute atomic E-state index is 14.4. The number of carbonyl (C=O) groups is 4. The van der Waals surface area contributed by atoms with Crippen LogP contribution < -0.4 is 9.47 Å². The Hall–Kier alpha value is -9.21. The van der Waals surface area contributed by atoms with Gasteiger partial charge < -0.3 is 74.5 Å². The predicted molar refractivity (Wildman–Crippen MR) is 402 cm³/mol. The number of allylic oxidation sites excluding steroid dienone is 8. The van der Waals surface area contributed by atoms with Crippen molar-refractivity contribution in [1.29, 1.82) is 0 Å². The minimum atomic E-state index is -4.20. The molecule has 3 aliphatic carbocycles. The lowest BCUT2D eigenvalue weighted by Crippen LogP contribution is -2.29. The molecule has 0 radical (unpaired) electrons. The molecule has 1 unspecified atom stereocenters. The van der Waals surface area contributed by atoms with Crippen molar-refractivity contribution in [3.8, 4) is 46.0 Å². The van der Waals surface area contributed by atoms with Crippen LogP contribution in [0.5, 0.6) is 46.0 Å². The van der Waals surface area contributed by atoms with Crippen LogP contribution >= 0.6 is 43.5 Å². The highest BCUT2D eigenvalue weighted by Gasteiger charge is 2.47. The van der Waals surface area contributed by atoms with Crippen LogP contribution in [0.2, 0.25) is 0 Å². The zero-order chi connectivity index (χ0) is 84.1. The lowest BCUT2D eigenvalue weighted by atomic mass is 9.72. The van der Waals surface area contributed by atoms with E-state index in [1.54, 1.807) is 0 Å². The second kappa shape index (κ2) is 44.1. The molecule has 9 N–H and O–H groups in total. The van der Waals surface area contributed by atoms with Gasteiger partial charge in [-0.25, -0.2) is 14.4 Å². The van der Waals surface area contributed by atoms with E-state index in [0.717, 1.165) is 71.2 Å². The Morgan fingerprint density at radius 3 is 1.36 bits per heavy atom. The quantitative estimate of drug-likeness (QED) is 0.00286. The molecule has 0 spiro atoms. The fourth-order valence-electron chi connectivity index (χ4n) is 11.3. The second-order valence-corrected chi connectivity index (χ2v) is 27.9. The second-order valence-electron chi connectivity index (χ2n) is 25.9. The van der Waals surface area contributed by atoms with Gasteiger partial charge >= 0.3 is 41.6 Å². The van der Waals surface area contributed by atoms with E-state index < -0.39 is 134 Å². The number of hydrogen-bond donors (Lipinski definition) is 9. The molecule has 0 saturated carbocycles. The molecule has 0 saturated heterocycles. The number of benzene rings is 5. The maximum atomic E-state index is 14.4. The average Bonchev–Trinajstić information content (AvgIpc) is 0.777. The maximum Gasteiger partial charge on any atom is 0.382 e. The summed E-state index contributed by atoms with van der Waals surface area (Å²) in [6.07, 6.45) is 12.3. The molecule has 33 heteroatoms. The van der Waals surface area contributed by atoms with Gasteiger partial charge in [-0.15, -0.1) is 10.1 Å². The summed E-state index contributed by atoms with van der Waals surface area (Å²) in [5.41, 5.74) is 1.78. The molecule has 22 nitrogen and oxygen atoms in total. The summed E-state index contributed by atoms with van der Waals surface area (Å²) in [5.74, 6) is -23.9. The number of esters is 3. The Kier molecular flexibility index (Phi) is 38.2. The SMILES string of the molecule is C=C(C)[C@@H]1CC=C(C)C[C@H]1c1c(O)cc(C(F)(F)C(=O)OCCBr)cc1O.C=C(C)[C@@H]1CC=C(C)C[C@H]1c1c(O)cc(C(F)(F)C(=O)OCCO[N+](=O)[O-])cc1O.C=C(C)[C@H]1C=CC(C)(O)CC1.COc1cc(CO)cc(C(F)(F)C(=O)Cl)c1.O=C(OCCBr)C(F)(F)c1cc(O)cc(O)c1.OCCOc1ccccc1. The summed E-state index contributed by atoms with van der Waals surface area (Å²) in [6.45, 7) is 21.3. The van der Waals surface area contributed by atoms with E-state index >= 15 is 0 Å². The van der Waals surface area contributed by atoms with E-state index in [1.165, 1.54) is 18.7 Å². The molecular formula is C78H90Br2ClF8NO21. The number of rotatable bonds is 26. The fourth-order valence-corrected chi connectivity index (χ4v) is 11.7. The highest BCUT2D eigenvalue weighted by Crippen LogP contribution is 2.51. The largest absolute Gasteiger partial charge is 0.508 e. The van der Waals surface area contributed by atoms with E-state index in [4.69, 9.17) is 41.5 Å². The first kappa shape index (κ1) is 96.0. The number of methoxy groups -OCH3 is 1. The number of halogens is 11. The molecule has 0 amide bonds. The first-order chi connectivity index (χ1) is 51.8. The zero-order valence-electron chi connectivity index (χ0n) is 61.6. The van der Waals surface area contributed by atoms with Gasteiger partial charge in [0.05, 0.1) is 25.9 Å². The van der Waals surface area contributed by atoms with Crippen LogP contribution in [0.4, 0.5) is 35.1 Å². The first-order valence-electron chi connectivity index (χ1n) is 33.8. The summed E-state index contributed by atoms with van der Waals surface area (Å²) in [7, 11) is 1.29. The van der Waals surface area contributed by atoms with Gasteiger partial charge in [0.1, 0.15) is 79.0 Å². The normalized spacial score (nSPS) is 17.9. The third-order valence-corrected chi connectivity index (χ3v) is 17.9. The number of ether oxygens (including phenoxy) is 5. The average molecular weight is 1720 g/mol. The summed E-state index contributed by atoms with van der Waals surface area (Å²) < 4.78 is 134. The van der Waals surface area contributed by atoms with Gasteiger partial charge in [-0.3, -0.25) is 4.79 Å². The molecule has 0 fully saturated rings. The number of carbonyl (C=O) groups excluding carboxylic acids is 4. The van der Waals surface area contributed by atoms with Crippen molar-refractivity contribution in [1.82, 2.24) is 0 Å². The van der Waals surface area contributed by atoms with Crippen LogP contribution in [0.15, 0.2) is 163 Å². The molecule has 111 heavy (non-hydrogen) atoms. The Bertz CT molecular complexity index is 4030. The summed E-state index contributed by atoms with van der Waals surface area (Å²) in [6, 6.07) is 18.2. The van der Waals surface area contributed by atoms with Gasteiger partial charge in [0.15, 0.2) is 0 Å². The van der Waals surface area contributed by atoms with Gasteiger partial charge in [0.2, 0.25) is 0 Å².